The Balaban J connectivity index is 1.97. The Bertz CT molecular complexity index is 631. The molecule has 4 N–H and O–H groups in total. The minimum Gasteiger partial charge on any atom is -0.397 e. The van der Waals surface area contributed by atoms with Crippen LogP contribution in [0, 0.1) is 0 Å². The van der Waals surface area contributed by atoms with Crippen LogP contribution in [0.5, 0.6) is 0 Å². The van der Waals surface area contributed by atoms with Gasteiger partial charge in [0.1, 0.15) is 17.7 Å². The normalized spacial score (nSPS) is 29.3. The molecule has 3 heterocycles. The number of aliphatic hydroxyl groups is 1. The van der Waals surface area contributed by atoms with Crippen molar-refractivity contribution in [2.24, 2.45) is 0 Å². The maximum atomic E-state index is 10.5. The van der Waals surface area contributed by atoms with Crippen LogP contribution in [0.2, 0.25) is 0 Å². The van der Waals surface area contributed by atoms with Gasteiger partial charge in [0.25, 0.3) is 0 Å². The topological polar surface area (TPSA) is 107 Å². The van der Waals surface area contributed by atoms with Gasteiger partial charge in [-0.3, -0.25) is 4.57 Å². The van der Waals surface area contributed by atoms with Gasteiger partial charge in [0.15, 0.2) is 11.9 Å². The average Bonchev–Trinajstić information content (AvgIpc) is 3.02. The summed E-state index contributed by atoms with van der Waals surface area (Å²) in [5.41, 5.74) is 7.62. The van der Waals surface area contributed by atoms with Crippen molar-refractivity contribution in [3.8, 4) is 0 Å². The van der Waals surface area contributed by atoms with E-state index in [-0.39, 0.29) is 12.1 Å². The molecule has 3 rings (SSSR count). The van der Waals surface area contributed by atoms with E-state index in [0.717, 1.165) is 0 Å². The molecule has 4 atom stereocenters. The summed E-state index contributed by atoms with van der Waals surface area (Å²) in [5.74, 6) is 0. The fourth-order valence-corrected chi connectivity index (χ4v) is 2.77. The molecule has 8 nitrogen and oxygen atoms in total. The molecule has 1 fully saturated rings. The van der Waals surface area contributed by atoms with E-state index < -0.39 is 12.3 Å². The highest BCUT2D eigenvalue weighted by Crippen LogP contribution is 2.32. The number of hydrogen-bond donors (Lipinski definition) is 3. The molecule has 2 aromatic heterocycles. The van der Waals surface area contributed by atoms with Gasteiger partial charge in [0.05, 0.1) is 24.7 Å². The molecule has 8 heteroatoms. The third-order valence-corrected chi connectivity index (χ3v) is 3.81. The van der Waals surface area contributed by atoms with Gasteiger partial charge in [-0.2, -0.15) is 0 Å². The molecule has 0 spiro atoms. The summed E-state index contributed by atoms with van der Waals surface area (Å²) in [4.78, 5) is 8.53. The number of rotatable bonds is 4. The number of aliphatic hydroxyl groups excluding tert-OH is 1. The zero-order valence-electron chi connectivity index (χ0n) is 11.9. The van der Waals surface area contributed by atoms with Crippen LogP contribution >= 0.6 is 0 Å². The minimum atomic E-state index is -0.740. The quantitative estimate of drug-likeness (QED) is 0.698. The molecule has 114 valence electrons. The maximum absolute atomic E-state index is 10.5. The summed E-state index contributed by atoms with van der Waals surface area (Å²) < 4.78 is 12.8. The summed E-state index contributed by atoms with van der Waals surface area (Å²) in [6, 6.07) is 1.46. The Labute approximate surface area is 121 Å². The van der Waals surface area contributed by atoms with E-state index in [1.54, 1.807) is 37.3 Å². The van der Waals surface area contributed by atoms with Crippen molar-refractivity contribution in [2.45, 2.75) is 24.5 Å². The smallest absolute Gasteiger partial charge is 0.164 e. The van der Waals surface area contributed by atoms with E-state index in [9.17, 15) is 5.11 Å². The largest absolute Gasteiger partial charge is 0.397 e. The fourth-order valence-electron chi connectivity index (χ4n) is 2.77. The van der Waals surface area contributed by atoms with E-state index in [0.29, 0.717) is 23.5 Å². The molecule has 0 aliphatic carbocycles. The third-order valence-electron chi connectivity index (χ3n) is 3.81. The van der Waals surface area contributed by atoms with Crippen molar-refractivity contribution >= 4 is 16.9 Å². The number of ether oxygens (including phenoxy) is 2. The van der Waals surface area contributed by atoms with Crippen molar-refractivity contribution in [1.29, 1.82) is 0 Å². The van der Waals surface area contributed by atoms with Crippen LogP contribution in [-0.4, -0.2) is 58.7 Å². The Hall–Kier alpha value is -1.74. The summed E-state index contributed by atoms with van der Waals surface area (Å²) in [7, 11) is 3.38. The first kappa shape index (κ1) is 14.2. The van der Waals surface area contributed by atoms with Gasteiger partial charge >= 0.3 is 0 Å². The summed E-state index contributed by atoms with van der Waals surface area (Å²) in [5, 5.41) is 13.6. The number of nitrogens with zero attached hydrogens (tertiary/aromatic N) is 3. The van der Waals surface area contributed by atoms with E-state index in [1.807, 2.05) is 0 Å². The lowest BCUT2D eigenvalue weighted by molar-refractivity contribution is -0.0545. The fraction of sp³-hybridized carbons (Fsp3) is 0.538. The number of methoxy groups -OCH3 is 1. The lowest BCUT2D eigenvalue weighted by atomic mass is 10.1. The molecule has 1 saturated heterocycles. The van der Waals surface area contributed by atoms with Gasteiger partial charge < -0.3 is 25.6 Å². The molecule has 1 aliphatic rings. The molecule has 0 radical (unpaired) electrons. The number of anilines is 1. The lowest BCUT2D eigenvalue weighted by Crippen LogP contribution is -2.43. The third kappa shape index (κ3) is 2.26. The first-order valence-electron chi connectivity index (χ1n) is 6.74. The number of imidazole rings is 1. The average molecular weight is 293 g/mol. The van der Waals surface area contributed by atoms with Crippen LogP contribution in [-0.2, 0) is 9.47 Å². The van der Waals surface area contributed by atoms with Gasteiger partial charge in [-0.1, -0.05) is 0 Å². The summed E-state index contributed by atoms with van der Waals surface area (Å²) in [6.07, 6.45) is 1.62. The first-order valence-corrected chi connectivity index (χ1v) is 6.74. The molecule has 21 heavy (non-hydrogen) atoms. The van der Waals surface area contributed by atoms with Crippen molar-refractivity contribution in [2.75, 3.05) is 26.5 Å². The number of likely N-dealkylation sites (N-methyl/N-ethyl adjacent to an activating group) is 1. The highest BCUT2D eigenvalue weighted by atomic mass is 16.6. The Kier molecular flexibility index (Phi) is 3.77. The molecule has 2 aromatic rings. The van der Waals surface area contributed by atoms with Crippen molar-refractivity contribution in [3.05, 3.63) is 18.6 Å². The summed E-state index contributed by atoms with van der Waals surface area (Å²) in [6.45, 7) is 0.390. The molecule has 0 amide bonds. The van der Waals surface area contributed by atoms with E-state index in [2.05, 4.69) is 15.3 Å². The number of aromatic nitrogens is 3. The maximum Gasteiger partial charge on any atom is 0.164 e. The van der Waals surface area contributed by atoms with E-state index in [1.165, 1.54) is 0 Å². The second-order valence-electron chi connectivity index (χ2n) is 5.05. The second kappa shape index (κ2) is 5.57. The van der Waals surface area contributed by atoms with Gasteiger partial charge in [-0.05, 0) is 13.1 Å². The molecular weight excluding hydrogens is 274 g/mol. The van der Waals surface area contributed by atoms with Crippen LogP contribution < -0.4 is 11.1 Å². The van der Waals surface area contributed by atoms with E-state index in [4.69, 9.17) is 15.2 Å². The van der Waals surface area contributed by atoms with Crippen molar-refractivity contribution in [1.82, 2.24) is 19.9 Å². The zero-order chi connectivity index (χ0) is 15.0. The number of nitrogen functional groups attached to an aromatic ring is 1. The predicted molar refractivity (Wildman–Crippen MR) is 76.6 cm³/mol. The van der Waals surface area contributed by atoms with Crippen LogP contribution in [0.4, 0.5) is 5.69 Å². The van der Waals surface area contributed by atoms with Crippen molar-refractivity contribution < 1.29 is 14.6 Å². The minimum absolute atomic E-state index is 0.228. The number of pyridine rings is 1. The SMILES string of the molecule is CNC1C(O)[C@H](n2cnc3c(N)ccnc32)O[C@@H]1COC. The number of hydrogen-bond acceptors (Lipinski definition) is 7. The molecule has 0 aromatic carbocycles. The standard InChI is InChI=1S/C13H19N5O3/c1-15-10-8(5-20-2)21-13(11(10)19)18-6-17-9-7(14)3-4-16-12(9)18/h3-4,6,8,10-11,13,15,19H,5H2,1-2H3,(H2,14,16)/t8-,10?,11?,13-/m1/s1. The van der Waals surface area contributed by atoms with Gasteiger partial charge in [0.2, 0.25) is 0 Å². The van der Waals surface area contributed by atoms with E-state index >= 15 is 0 Å². The second-order valence-corrected chi connectivity index (χ2v) is 5.05. The summed E-state index contributed by atoms with van der Waals surface area (Å²) >= 11 is 0. The Morgan fingerprint density at radius 2 is 2.33 bits per heavy atom. The first-order chi connectivity index (χ1) is 10.2. The lowest BCUT2D eigenvalue weighted by Gasteiger charge is -2.18. The Morgan fingerprint density at radius 1 is 1.52 bits per heavy atom. The van der Waals surface area contributed by atoms with Crippen LogP contribution in [0.25, 0.3) is 11.2 Å². The van der Waals surface area contributed by atoms with Gasteiger partial charge in [-0.25, -0.2) is 9.97 Å². The van der Waals surface area contributed by atoms with Crippen molar-refractivity contribution in [3.63, 3.8) is 0 Å². The molecule has 0 bridgehead atoms. The Morgan fingerprint density at radius 3 is 3.05 bits per heavy atom. The highest BCUT2D eigenvalue weighted by Gasteiger charge is 2.44. The predicted octanol–water partition coefficient (Wildman–Crippen LogP) is -0.494. The van der Waals surface area contributed by atoms with Crippen LogP contribution in [0.1, 0.15) is 6.23 Å². The zero-order valence-corrected chi connectivity index (χ0v) is 11.9. The van der Waals surface area contributed by atoms with Crippen LogP contribution in [0.3, 0.4) is 0 Å². The molecule has 1 aliphatic heterocycles. The molecule has 2 unspecified atom stereocenters. The molecule has 0 saturated carbocycles. The monoisotopic (exact) mass is 293 g/mol. The van der Waals surface area contributed by atoms with Gasteiger partial charge in [0, 0.05) is 13.3 Å². The molecular formula is C13H19N5O3. The number of nitrogens with one attached hydrogen (secondary N) is 1. The number of nitrogens with two attached hydrogens (primary N) is 1. The highest BCUT2D eigenvalue weighted by molar-refractivity contribution is 5.83. The van der Waals surface area contributed by atoms with Gasteiger partial charge in [-0.15, -0.1) is 0 Å². The number of fused-ring (bicyclic) bond motifs is 1. The van der Waals surface area contributed by atoms with Crippen LogP contribution in [0.15, 0.2) is 18.6 Å².